The van der Waals surface area contributed by atoms with Gasteiger partial charge in [-0.1, -0.05) is 32.4 Å². The molecule has 3 heterocycles. The topological polar surface area (TPSA) is 61.4 Å². The van der Waals surface area contributed by atoms with Gasteiger partial charge >= 0.3 is 0 Å². The monoisotopic (exact) mass is 363 g/mol. The number of allylic oxidation sites excluding steroid dienone is 1. The van der Waals surface area contributed by atoms with Crippen LogP contribution in [0.5, 0.6) is 0 Å². The van der Waals surface area contributed by atoms with Gasteiger partial charge in [-0.15, -0.1) is 0 Å². The van der Waals surface area contributed by atoms with Crippen LogP contribution >= 0.6 is 0 Å². The highest BCUT2D eigenvalue weighted by molar-refractivity contribution is 5.94. The standard InChI is InChI=1S/C21H37N3O2/c1-16(2)19(26)21-14-24(15-21)12-10-8-6-7-9-11-20(5,23-17(3)4)18(25)13-22-21/h8,10,16-17,22-23H,6-7,9,11-15H2,1-5H3/t20-/m1/s1. The van der Waals surface area contributed by atoms with Gasteiger partial charge < -0.3 is 5.32 Å². The maximum atomic E-state index is 13.1. The number of Topliss-reactive ketones (excluding diaryl/α,β-unsaturated/α-hetero) is 2. The summed E-state index contributed by atoms with van der Waals surface area (Å²) in [7, 11) is 0. The van der Waals surface area contributed by atoms with Gasteiger partial charge in [0.15, 0.2) is 11.6 Å². The van der Waals surface area contributed by atoms with Crippen molar-refractivity contribution in [1.82, 2.24) is 15.5 Å². The molecule has 0 aromatic rings. The molecule has 0 amide bonds. The first-order valence-corrected chi connectivity index (χ1v) is 10.2. The number of carbonyl (C=O) groups excluding carboxylic acids is 2. The van der Waals surface area contributed by atoms with E-state index in [9.17, 15) is 9.59 Å². The van der Waals surface area contributed by atoms with E-state index in [4.69, 9.17) is 0 Å². The summed E-state index contributed by atoms with van der Waals surface area (Å²) in [6.07, 6.45) is 8.45. The smallest absolute Gasteiger partial charge is 0.166 e. The van der Waals surface area contributed by atoms with E-state index in [1.165, 1.54) is 0 Å². The fourth-order valence-corrected chi connectivity index (χ4v) is 4.21. The minimum absolute atomic E-state index is 0.0330. The highest BCUT2D eigenvalue weighted by atomic mass is 16.1. The number of ketones is 2. The van der Waals surface area contributed by atoms with E-state index >= 15 is 0 Å². The summed E-state index contributed by atoms with van der Waals surface area (Å²) >= 11 is 0. The summed E-state index contributed by atoms with van der Waals surface area (Å²) in [5, 5.41) is 6.85. The molecule has 0 unspecified atom stereocenters. The number of rotatable bonds is 4. The summed E-state index contributed by atoms with van der Waals surface area (Å²) in [6, 6.07) is 0.244. The van der Waals surface area contributed by atoms with Crippen molar-refractivity contribution in [1.29, 1.82) is 0 Å². The summed E-state index contributed by atoms with van der Waals surface area (Å²) in [5.74, 6) is 0.346. The van der Waals surface area contributed by atoms with E-state index in [0.29, 0.717) is 13.1 Å². The van der Waals surface area contributed by atoms with Crippen LogP contribution in [0.3, 0.4) is 0 Å². The zero-order chi connectivity index (χ0) is 19.4. The van der Waals surface area contributed by atoms with Crippen LogP contribution in [0.15, 0.2) is 12.2 Å². The Bertz CT molecular complexity index is 535. The number of carbonyl (C=O) groups is 2. The van der Waals surface area contributed by atoms with Crippen molar-refractivity contribution in [2.24, 2.45) is 5.92 Å². The van der Waals surface area contributed by atoms with Gasteiger partial charge in [0.25, 0.3) is 0 Å². The predicted octanol–water partition coefficient (Wildman–Crippen LogP) is 2.31. The van der Waals surface area contributed by atoms with Crippen LogP contribution in [0.25, 0.3) is 0 Å². The molecule has 3 aliphatic rings. The normalized spacial score (nSPS) is 33.8. The SMILES string of the molecule is CC(C)N[C@]1(C)CCCCC=CCN2CC(C(=O)C(C)C)(C2)NCC1=O. The van der Waals surface area contributed by atoms with Crippen molar-refractivity contribution in [2.75, 3.05) is 26.2 Å². The Morgan fingerprint density at radius 2 is 1.88 bits per heavy atom. The molecule has 2 N–H and O–H groups in total. The second-order valence-corrected chi connectivity index (χ2v) is 8.90. The van der Waals surface area contributed by atoms with Crippen LogP contribution < -0.4 is 10.6 Å². The maximum Gasteiger partial charge on any atom is 0.166 e. The zero-order valence-electron chi connectivity index (χ0n) is 17.2. The molecule has 2 bridgehead atoms. The van der Waals surface area contributed by atoms with Gasteiger partial charge in [-0.2, -0.15) is 0 Å². The molecule has 1 fully saturated rings. The minimum Gasteiger partial charge on any atom is -0.303 e. The number of fused-ring (bicyclic) bond motifs is 9. The van der Waals surface area contributed by atoms with Gasteiger partial charge in [-0.3, -0.25) is 19.8 Å². The third kappa shape index (κ3) is 5.02. The molecule has 26 heavy (non-hydrogen) atoms. The van der Waals surface area contributed by atoms with Gasteiger partial charge in [0, 0.05) is 31.6 Å². The molecule has 0 saturated carbocycles. The van der Waals surface area contributed by atoms with E-state index in [0.717, 1.165) is 32.2 Å². The average molecular weight is 364 g/mol. The Kier molecular flexibility index (Phi) is 7.17. The molecule has 3 aliphatic heterocycles. The van der Waals surface area contributed by atoms with E-state index in [2.05, 4.69) is 41.5 Å². The van der Waals surface area contributed by atoms with E-state index in [1.807, 2.05) is 20.8 Å². The Morgan fingerprint density at radius 3 is 2.50 bits per heavy atom. The Balaban J connectivity index is 2.18. The van der Waals surface area contributed by atoms with Gasteiger partial charge in [-0.25, -0.2) is 0 Å². The fraction of sp³-hybridized carbons (Fsp3) is 0.810. The molecular formula is C21H37N3O2. The molecular weight excluding hydrogens is 326 g/mol. The largest absolute Gasteiger partial charge is 0.303 e. The predicted molar refractivity (Wildman–Crippen MR) is 106 cm³/mol. The fourth-order valence-electron chi connectivity index (χ4n) is 4.21. The van der Waals surface area contributed by atoms with Crippen LogP contribution in [0, 0.1) is 5.92 Å². The van der Waals surface area contributed by atoms with E-state index in [-0.39, 0.29) is 30.1 Å². The Hall–Kier alpha value is -1.04. The van der Waals surface area contributed by atoms with Crippen molar-refractivity contribution in [3.05, 3.63) is 12.2 Å². The summed E-state index contributed by atoms with van der Waals surface area (Å²) in [6.45, 7) is 12.6. The molecule has 0 radical (unpaired) electrons. The molecule has 0 aromatic heterocycles. The van der Waals surface area contributed by atoms with Crippen LogP contribution in [0.1, 0.15) is 60.3 Å². The first-order valence-electron chi connectivity index (χ1n) is 10.2. The van der Waals surface area contributed by atoms with Gasteiger partial charge in [0.1, 0.15) is 5.54 Å². The molecule has 1 atom stereocenters. The lowest BCUT2D eigenvalue weighted by molar-refractivity contribution is -0.136. The van der Waals surface area contributed by atoms with Gasteiger partial charge in [0.2, 0.25) is 0 Å². The van der Waals surface area contributed by atoms with Gasteiger partial charge in [-0.05, 0) is 40.0 Å². The second kappa shape index (κ2) is 8.77. The average Bonchev–Trinajstić information content (AvgIpc) is 2.52. The van der Waals surface area contributed by atoms with Crippen LogP contribution in [0.2, 0.25) is 0 Å². The summed E-state index contributed by atoms with van der Waals surface area (Å²) in [4.78, 5) is 28.2. The minimum atomic E-state index is -0.569. The Labute approximate surface area is 159 Å². The summed E-state index contributed by atoms with van der Waals surface area (Å²) < 4.78 is 0. The highest BCUT2D eigenvalue weighted by Crippen LogP contribution is 2.26. The van der Waals surface area contributed by atoms with Crippen LogP contribution in [0.4, 0.5) is 0 Å². The molecule has 1 saturated heterocycles. The van der Waals surface area contributed by atoms with Crippen LogP contribution in [-0.2, 0) is 9.59 Å². The third-order valence-corrected chi connectivity index (χ3v) is 5.62. The van der Waals surface area contributed by atoms with Crippen molar-refractivity contribution in [2.45, 2.75) is 77.4 Å². The highest BCUT2D eigenvalue weighted by Gasteiger charge is 2.49. The lowest BCUT2D eigenvalue weighted by Crippen LogP contribution is -2.74. The number of nitrogens with zero attached hydrogens (tertiary/aromatic N) is 1. The van der Waals surface area contributed by atoms with Crippen molar-refractivity contribution in [3.63, 3.8) is 0 Å². The quantitative estimate of drug-likeness (QED) is 0.751. The molecule has 0 spiro atoms. The van der Waals surface area contributed by atoms with Crippen LogP contribution in [-0.4, -0.2) is 59.8 Å². The lowest BCUT2D eigenvalue weighted by Gasteiger charge is -2.50. The maximum absolute atomic E-state index is 13.1. The van der Waals surface area contributed by atoms with Crippen molar-refractivity contribution < 1.29 is 9.59 Å². The molecule has 3 rings (SSSR count). The van der Waals surface area contributed by atoms with Crippen molar-refractivity contribution >= 4 is 11.6 Å². The number of hydrogen-bond acceptors (Lipinski definition) is 5. The molecule has 0 aromatic carbocycles. The van der Waals surface area contributed by atoms with E-state index in [1.54, 1.807) is 0 Å². The third-order valence-electron chi connectivity index (χ3n) is 5.62. The lowest BCUT2D eigenvalue weighted by atomic mass is 9.79. The van der Waals surface area contributed by atoms with E-state index < -0.39 is 11.1 Å². The molecule has 5 heteroatoms. The first-order chi connectivity index (χ1) is 12.2. The molecule has 148 valence electrons. The Morgan fingerprint density at radius 1 is 1.19 bits per heavy atom. The second-order valence-electron chi connectivity index (χ2n) is 8.90. The number of nitrogens with one attached hydrogen (secondary N) is 2. The summed E-state index contributed by atoms with van der Waals surface area (Å²) in [5.41, 5.74) is -1.11. The molecule has 5 nitrogen and oxygen atoms in total. The van der Waals surface area contributed by atoms with Crippen molar-refractivity contribution in [3.8, 4) is 0 Å². The molecule has 0 aliphatic carbocycles. The number of hydrogen-bond donors (Lipinski definition) is 2. The first kappa shape index (κ1) is 21.3. The van der Waals surface area contributed by atoms with Gasteiger partial charge in [0.05, 0.1) is 12.1 Å². The zero-order valence-corrected chi connectivity index (χ0v) is 17.2.